The summed E-state index contributed by atoms with van der Waals surface area (Å²) in [5.41, 5.74) is 5.07. The van der Waals surface area contributed by atoms with Crippen molar-refractivity contribution in [2.45, 2.75) is 6.42 Å². The number of anilines is 1. The van der Waals surface area contributed by atoms with E-state index >= 15 is 0 Å². The van der Waals surface area contributed by atoms with Crippen molar-refractivity contribution in [1.82, 2.24) is 4.98 Å². The fourth-order valence-electron chi connectivity index (χ4n) is 1.58. The maximum Gasteiger partial charge on any atom is 0.304 e. The van der Waals surface area contributed by atoms with Crippen LogP contribution in [0.1, 0.15) is 15.5 Å². The summed E-state index contributed by atoms with van der Waals surface area (Å²) in [5, 5.41) is 15.2. The number of hydrogen-bond donors (Lipinski definition) is 2. The highest BCUT2D eigenvalue weighted by atomic mass is 32.1. The van der Waals surface area contributed by atoms with Crippen molar-refractivity contribution < 1.29 is 14.1 Å². The summed E-state index contributed by atoms with van der Waals surface area (Å²) in [6.45, 7) is 0.433. The molecule has 0 aliphatic heterocycles. The van der Waals surface area contributed by atoms with Crippen LogP contribution in [-0.2, 0) is 6.42 Å². The molecule has 21 heavy (non-hydrogen) atoms. The molecule has 0 fully saturated rings. The zero-order chi connectivity index (χ0) is 15.4. The van der Waals surface area contributed by atoms with E-state index in [0.29, 0.717) is 13.0 Å². The minimum Gasteiger partial charge on any atom is -0.330 e. The second-order valence-corrected chi connectivity index (χ2v) is 4.99. The molecule has 0 atom stereocenters. The van der Waals surface area contributed by atoms with Gasteiger partial charge in [0.15, 0.2) is 0 Å². The molecule has 0 spiro atoms. The largest absolute Gasteiger partial charge is 0.330 e. The molecule has 0 saturated heterocycles. The summed E-state index contributed by atoms with van der Waals surface area (Å²) in [7, 11) is 0. The number of nitrogens with zero attached hydrogens (tertiary/aromatic N) is 2. The molecular formula is C12H11FN4O3S. The number of nitro groups is 1. The lowest BCUT2D eigenvalue weighted by Crippen LogP contribution is -2.13. The molecular weight excluding hydrogens is 299 g/mol. The molecule has 110 valence electrons. The van der Waals surface area contributed by atoms with E-state index in [0.717, 1.165) is 17.1 Å². The minimum absolute atomic E-state index is 0.122. The summed E-state index contributed by atoms with van der Waals surface area (Å²) >= 11 is 1.31. The first-order chi connectivity index (χ1) is 10.0. The highest BCUT2D eigenvalue weighted by Gasteiger charge is 2.16. The number of thiazole rings is 1. The lowest BCUT2D eigenvalue weighted by Gasteiger charge is -2.03. The summed E-state index contributed by atoms with van der Waals surface area (Å²) in [5.74, 6) is -1.53. The highest BCUT2D eigenvalue weighted by Crippen LogP contribution is 2.21. The third kappa shape index (κ3) is 3.58. The zero-order valence-corrected chi connectivity index (χ0v) is 11.5. The van der Waals surface area contributed by atoms with Gasteiger partial charge in [0.1, 0.15) is 5.69 Å². The first kappa shape index (κ1) is 15.0. The maximum absolute atomic E-state index is 13.4. The fourth-order valence-corrected chi connectivity index (χ4v) is 2.38. The van der Waals surface area contributed by atoms with Crippen LogP contribution in [0.5, 0.6) is 0 Å². The van der Waals surface area contributed by atoms with E-state index in [2.05, 4.69) is 10.3 Å². The minimum atomic E-state index is -1.01. The third-order valence-corrected chi connectivity index (χ3v) is 3.45. The predicted molar refractivity (Wildman–Crippen MR) is 75.9 cm³/mol. The Morgan fingerprint density at radius 1 is 1.52 bits per heavy atom. The van der Waals surface area contributed by atoms with Crippen LogP contribution in [0.25, 0.3) is 0 Å². The average molecular weight is 310 g/mol. The Labute approximate surface area is 122 Å². The molecule has 9 heteroatoms. The van der Waals surface area contributed by atoms with Crippen LogP contribution in [-0.4, -0.2) is 22.4 Å². The monoisotopic (exact) mass is 310 g/mol. The molecule has 1 aromatic heterocycles. The summed E-state index contributed by atoms with van der Waals surface area (Å²) < 4.78 is 13.4. The molecule has 0 aliphatic rings. The van der Waals surface area contributed by atoms with Gasteiger partial charge < -0.3 is 11.1 Å². The van der Waals surface area contributed by atoms with Crippen molar-refractivity contribution in [3.8, 4) is 0 Å². The summed E-state index contributed by atoms with van der Waals surface area (Å²) in [6, 6.07) is 3.14. The van der Waals surface area contributed by atoms with Crippen molar-refractivity contribution in [1.29, 1.82) is 0 Å². The number of rotatable bonds is 5. The predicted octanol–water partition coefficient (Wildman–Crippen LogP) is 1.94. The topological polar surface area (TPSA) is 111 Å². The highest BCUT2D eigenvalue weighted by molar-refractivity contribution is 7.09. The summed E-state index contributed by atoms with van der Waals surface area (Å²) in [4.78, 5) is 25.7. The van der Waals surface area contributed by atoms with Gasteiger partial charge in [0.2, 0.25) is 5.82 Å². The van der Waals surface area contributed by atoms with E-state index in [-0.39, 0.29) is 11.4 Å². The van der Waals surface area contributed by atoms with Gasteiger partial charge >= 0.3 is 5.69 Å². The van der Waals surface area contributed by atoms with E-state index in [4.69, 9.17) is 5.73 Å². The van der Waals surface area contributed by atoms with Gasteiger partial charge in [0.25, 0.3) is 5.91 Å². The second kappa shape index (κ2) is 6.37. The lowest BCUT2D eigenvalue weighted by atomic mass is 10.2. The third-order valence-electron chi connectivity index (χ3n) is 2.54. The molecule has 7 nitrogen and oxygen atoms in total. The number of nitro benzene ring substituents is 1. The molecule has 3 N–H and O–H groups in total. The zero-order valence-electron chi connectivity index (χ0n) is 10.7. The smallest absolute Gasteiger partial charge is 0.304 e. The molecule has 2 rings (SSSR count). The number of benzene rings is 1. The second-order valence-electron chi connectivity index (χ2n) is 4.04. The van der Waals surface area contributed by atoms with Crippen LogP contribution in [0.2, 0.25) is 0 Å². The average Bonchev–Trinajstić information content (AvgIpc) is 2.87. The van der Waals surface area contributed by atoms with Gasteiger partial charge in [-0.3, -0.25) is 14.9 Å². The van der Waals surface area contributed by atoms with Gasteiger partial charge in [-0.1, -0.05) is 0 Å². The molecule has 0 aliphatic carbocycles. The van der Waals surface area contributed by atoms with E-state index < -0.39 is 22.3 Å². The number of carbonyl (C=O) groups excluding carboxylic acids is 1. The number of aromatic nitrogens is 1. The lowest BCUT2D eigenvalue weighted by molar-refractivity contribution is -0.387. The molecule has 0 radical (unpaired) electrons. The van der Waals surface area contributed by atoms with Crippen molar-refractivity contribution in [3.63, 3.8) is 0 Å². The maximum atomic E-state index is 13.4. The van der Waals surface area contributed by atoms with Crippen molar-refractivity contribution in [3.05, 3.63) is 50.2 Å². The van der Waals surface area contributed by atoms with Gasteiger partial charge in [-0.25, -0.2) is 4.98 Å². The fraction of sp³-hybridized carbons (Fsp3) is 0.167. The Bertz CT molecular complexity index is 689. The quantitative estimate of drug-likeness (QED) is 0.647. The van der Waals surface area contributed by atoms with Crippen LogP contribution in [0.15, 0.2) is 23.6 Å². The Kier molecular flexibility index (Phi) is 4.55. The van der Waals surface area contributed by atoms with E-state index in [1.165, 1.54) is 17.4 Å². The summed E-state index contributed by atoms with van der Waals surface area (Å²) in [6.07, 6.45) is 0.574. The Balaban J connectivity index is 2.11. The number of carbonyl (C=O) groups is 1. The number of halogens is 1. The van der Waals surface area contributed by atoms with Gasteiger partial charge in [0.05, 0.1) is 9.93 Å². The van der Waals surface area contributed by atoms with E-state index in [9.17, 15) is 19.3 Å². The molecule has 1 amide bonds. The van der Waals surface area contributed by atoms with Crippen molar-refractivity contribution >= 4 is 28.6 Å². The van der Waals surface area contributed by atoms with Crippen LogP contribution in [0, 0.1) is 15.9 Å². The van der Waals surface area contributed by atoms with Gasteiger partial charge in [-0.2, -0.15) is 4.39 Å². The molecule has 0 saturated carbocycles. The molecule has 2 aromatic rings. The SMILES string of the molecule is NCCc1nc(C(=O)Nc2ccc([N+](=O)[O-])c(F)c2)cs1. The molecule has 1 aromatic carbocycles. The Morgan fingerprint density at radius 3 is 2.90 bits per heavy atom. The number of hydrogen-bond acceptors (Lipinski definition) is 6. The van der Waals surface area contributed by atoms with Crippen LogP contribution < -0.4 is 11.1 Å². The number of nitrogens with two attached hydrogens (primary N) is 1. The Hall–Kier alpha value is -2.39. The number of amides is 1. The first-order valence-electron chi connectivity index (χ1n) is 5.91. The molecule has 1 heterocycles. The molecule has 0 bridgehead atoms. The Morgan fingerprint density at radius 2 is 2.29 bits per heavy atom. The van der Waals surface area contributed by atoms with Gasteiger partial charge in [-0.05, 0) is 12.6 Å². The van der Waals surface area contributed by atoms with Crippen LogP contribution in [0.3, 0.4) is 0 Å². The number of nitrogens with one attached hydrogen (secondary N) is 1. The first-order valence-corrected chi connectivity index (χ1v) is 6.79. The van der Waals surface area contributed by atoms with Gasteiger partial charge in [0, 0.05) is 29.6 Å². The van der Waals surface area contributed by atoms with E-state index in [1.807, 2.05) is 0 Å². The molecule has 0 unspecified atom stereocenters. The van der Waals surface area contributed by atoms with Crippen molar-refractivity contribution in [2.75, 3.05) is 11.9 Å². The van der Waals surface area contributed by atoms with Crippen molar-refractivity contribution in [2.24, 2.45) is 5.73 Å². The standard InChI is InChI=1S/C12H11FN4O3S/c13-8-5-7(1-2-10(8)17(19)20)15-12(18)9-6-21-11(16-9)3-4-14/h1-2,5-6H,3-4,14H2,(H,15,18). The van der Waals surface area contributed by atoms with Crippen LogP contribution in [0.4, 0.5) is 15.8 Å². The van der Waals surface area contributed by atoms with Crippen LogP contribution >= 0.6 is 11.3 Å². The normalized spacial score (nSPS) is 10.4. The van der Waals surface area contributed by atoms with E-state index in [1.54, 1.807) is 5.38 Å². The van der Waals surface area contributed by atoms with Gasteiger partial charge in [-0.15, -0.1) is 11.3 Å².